The lowest BCUT2D eigenvalue weighted by Gasteiger charge is -2.08. The number of rotatable bonds is 3. The highest BCUT2D eigenvalue weighted by atomic mass is 127. The van der Waals surface area contributed by atoms with Gasteiger partial charge in [0.25, 0.3) is 0 Å². The molecule has 0 aromatic heterocycles. The largest absolute Gasteiger partial charge is 0.370 e. The molecule has 0 bridgehead atoms. The summed E-state index contributed by atoms with van der Waals surface area (Å²) in [5, 5.41) is 3.11. The molecule has 0 saturated carbocycles. The lowest BCUT2D eigenvalue weighted by molar-refractivity contribution is 0.665. The highest BCUT2D eigenvalue weighted by Gasteiger charge is 1.98. The van der Waals surface area contributed by atoms with Gasteiger partial charge in [-0.1, -0.05) is 19.9 Å². The first-order chi connectivity index (χ1) is 7.47. The average Bonchev–Trinajstić information content (AvgIpc) is 2.12. The number of benzene rings is 1. The van der Waals surface area contributed by atoms with Crippen molar-refractivity contribution in [2.75, 3.05) is 11.9 Å². The molecule has 3 N–H and O–H groups in total. The van der Waals surface area contributed by atoms with Gasteiger partial charge >= 0.3 is 0 Å². The zero-order chi connectivity index (χ0) is 12.1. The number of hydrogen-bond donors (Lipinski definition) is 2. The van der Waals surface area contributed by atoms with E-state index in [4.69, 9.17) is 5.73 Å². The van der Waals surface area contributed by atoms with Gasteiger partial charge in [-0.25, -0.2) is 0 Å². The number of nitrogens with two attached hydrogens (primary N) is 1. The summed E-state index contributed by atoms with van der Waals surface area (Å²) in [4.78, 5) is 4.26. The first-order valence-electron chi connectivity index (χ1n) is 5.62. The molecule has 0 amide bonds. The normalized spacial score (nSPS) is 11.2. The Balaban J connectivity index is 0.00000256. The molecular weight excluding hydrogens is 325 g/mol. The Morgan fingerprint density at radius 3 is 2.24 bits per heavy atom. The summed E-state index contributed by atoms with van der Waals surface area (Å²) in [5.74, 6) is 1.01. The van der Waals surface area contributed by atoms with Crippen LogP contribution in [-0.4, -0.2) is 12.5 Å². The van der Waals surface area contributed by atoms with Crippen molar-refractivity contribution in [2.45, 2.75) is 27.7 Å². The van der Waals surface area contributed by atoms with Crippen molar-refractivity contribution in [1.82, 2.24) is 0 Å². The Labute approximate surface area is 121 Å². The van der Waals surface area contributed by atoms with Crippen molar-refractivity contribution in [2.24, 2.45) is 16.6 Å². The van der Waals surface area contributed by atoms with E-state index in [9.17, 15) is 0 Å². The van der Waals surface area contributed by atoms with E-state index in [2.05, 4.69) is 56.2 Å². The van der Waals surface area contributed by atoms with E-state index in [1.54, 1.807) is 0 Å². The monoisotopic (exact) mass is 347 g/mol. The molecule has 0 aliphatic rings. The number of nitrogens with zero attached hydrogens (tertiary/aromatic N) is 1. The Morgan fingerprint density at radius 2 is 1.76 bits per heavy atom. The van der Waals surface area contributed by atoms with E-state index in [-0.39, 0.29) is 24.0 Å². The Kier molecular flexibility index (Phi) is 7.18. The summed E-state index contributed by atoms with van der Waals surface area (Å²) >= 11 is 0. The Bertz CT molecular complexity index is 366. The van der Waals surface area contributed by atoms with Crippen LogP contribution in [-0.2, 0) is 0 Å². The summed E-state index contributed by atoms with van der Waals surface area (Å²) in [6.07, 6.45) is 0. The molecule has 0 fully saturated rings. The fourth-order valence-corrected chi connectivity index (χ4v) is 1.52. The van der Waals surface area contributed by atoms with E-state index in [0.29, 0.717) is 11.9 Å². The minimum atomic E-state index is 0. The predicted octanol–water partition coefficient (Wildman–Crippen LogP) is 3.30. The van der Waals surface area contributed by atoms with Gasteiger partial charge in [0.15, 0.2) is 5.96 Å². The van der Waals surface area contributed by atoms with E-state index >= 15 is 0 Å². The van der Waals surface area contributed by atoms with Crippen LogP contribution in [0.4, 0.5) is 5.69 Å². The molecule has 0 saturated heterocycles. The van der Waals surface area contributed by atoms with Crippen LogP contribution < -0.4 is 11.1 Å². The topological polar surface area (TPSA) is 50.4 Å². The highest BCUT2D eigenvalue weighted by molar-refractivity contribution is 14.0. The summed E-state index contributed by atoms with van der Waals surface area (Å²) < 4.78 is 0. The van der Waals surface area contributed by atoms with Gasteiger partial charge in [0, 0.05) is 12.2 Å². The molecule has 3 nitrogen and oxygen atoms in total. The molecule has 0 radical (unpaired) electrons. The average molecular weight is 347 g/mol. The molecule has 0 heterocycles. The van der Waals surface area contributed by atoms with Crippen LogP contribution in [0.1, 0.15) is 25.0 Å². The minimum Gasteiger partial charge on any atom is -0.370 e. The zero-order valence-corrected chi connectivity index (χ0v) is 13.3. The van der Waals surface area contributed by atoms with Crippen molar-refractivity contribution >= 4 is 35.6 Å². The fraction of sp³-hybridized carbons (Fsp3) is 0.462. The summed E-state index contributed by atoms with van der Waals surface area (Å²) in [7, 11) is 0. The van der Waals surface area contributed by atoms with Gasteiger partial charge in [-0.05, 0) is 43.0 Å². The molecule has 96 valence electrons. The quantitative estimate of drug-likeness (QED) is 0.501. The van der Waals surface area contributed by atoms with Gasteiger partial charge < -0.3 is 11.1 Å². The van der Waals surface area contributed by atoms with Gasteiger partial charge in [-0.2, -0.15) is 0 Å². The molecule has 0 atom stereocenters. The molecule has 4 heteroatoms. The van der Waals surface area contributed by atoms with Crippen LogP contribution in [0.3, 0.4) is 0 Å². The highest BCUT2D eigenvalue weighted by Crippen LogP contribution is 2.13. The third-order valence-electron chi connectivity index (χ3n) is 2.12. The minimum absolute atomic E-state index is 0. The maximum atomic E-state index is 5.79. The number of halogens is 1. The van der Waals surface area contributed by atoms with Crippen LogP contribution in [0.15, 0.2) is 23.2 Å². The third-order valence-corrected chi connectivity index (χ3v) is 2.12. The smallest absolute Gasteiger partial charge is 0.193 e. The maximum Gasteiger partial charge on any atom is 0.193 e. The number of nitrogens with one attached hydrogen (secondary N) is 1. The number of aliphatic imine (C=N–C) groups is 1. The van der Waals surface area contributed by atoms with Crippen LogP contribution in [0.5, 0.6) is 0 Å². The molecule has 17 heavy (non-hydrogen) atoms. The first-order valence-corrected chi connectivity index (χ1v) is 5.62. The summed E-state index contributed by atoms with van der Waals surface area (Å²) in [5.41, 5.74) is 9.24. The predicted molar refractivity (Wildman–Crippen MR) is 86.3 cm³/mol. The van der Waals surface area contributed by atoms with Crippen molar-refractivity contribution in [3.05, 3.63) is 29.3 Å². The van der Waals surface area contributed by atoms with E-state index in [0.717, 1.165) is 12.2 Å². The lowest BCUT2D eigenvalue weighted by Crippen LogP contribution is -2.23. The van der Waals surface area contributed by atoms with E-state index in [1.807, 2.05) is 0 Å². The van der Waals surface area contributed by atoms with Crippen LogP contribution in [0, 0.1) is 19.8 Å². The van der Waals surface area contributed by atoms with Crippen molar-refractivity contribution in [3.63, 3.8) is 0 Å². The zero-order valence-electron chi connectivity index (χ0n) is 10.9. The van der Waals surface area contributed by atoms with E-state index in [1.165, 1.54) is 11.1 Å². The second-order valence-corrected chi connectivity index (χ2v) is 4.62. The van der Waals surface area contributed by atoms with Gasteiger partial charge in [-0.3, -0.25) is 4.99 Å². The second kappa shape index (κ2) is 7.53. The SMILES string of the molecule is Cc1cc(C)cc(NC(N)=NCC(C)C)c1.I. The maximum absolute atomic E-state index is 5.79. The van der Waals surface area contributed by atoms with Crippen molar-refractivity contribution in [1.29, 1.82) is 0 Å². The van der Waals surface area contributed by atoms with Gasteiger partial charge in [0.1, 0.15) is 0 Å². The van der Waals surface area contributed by atoms with Crippen molar-refractivity contribution < 1.29 is 0 Å². The first kappa shape index (κ1) is 16.2. The number of aryl methyl sites for hydroxylation is 2. The van der Waals surface area contributed by atoms with Crippen LogP contribution in [0.2, 0.25) is 0 Å². The molecule has 1 aromatic carbocycles. The fourth-order valence-electron chi connectivity index (χ4n) is 1.52. The van der Waals surface area contributed by atoms with Crippen molar-refractivity contribution in [3.8, 4) is 0 Å². The summed E-state index contributed by atoms with van der Waals surface area (Å²) in [6.45, 7) is 9.13. The van der Waals surface area contributed by atoms with Gasteiger partial charge in [0.05, 0.1) is 0 Å². The molecular formula is C13H22IN3. The Morgan fingerprint density at radius 1 is 1.24 bits per heavy atom. The molecule has 0 aliphatic carbocycles. The molecule has 1 rings (SSSR count). The summed E-state index contributed by atoms with van der Waals surface area (Å²) in [6, 6.07) is 6.25. The lowest BCUT2D eigenvalue weighted by atomic mass is 10.1. The van der Waals surface area contributed by atoms with Crippen LogP contribution >= 0.6 is 24.0 Å². The second-order valence-electron chi connectivity index (χ2n) is 4.62. The van der Waals surface area contributed by atoms with Crippen LogP contribution in [0.25, 0.3) is 0 Å². The Hall–Kier alpha value is -0.780. The number of anilines is 1. The standard InChI is InChI=1S/C13H21N3.HI/c1-9(2)8-15-13(14)16-12-6-10(3)5-11(4)7-12;/h5-7,9H,8H2,1-4H3,(H3,14,15,16);1H. The molecule has 0 spiro atoms. The van der Waals surface area contributed by atoms with E-state index < -0.39 is 0 Å². The number of hydrogen-bond acceptors (Lipinski definition) is 1. The molecule has 0 unspecified atom stereocenters. The van der Waals surface area contributed by atoms with Gasteiger partial charge in [0.2, 0.25) is 0 Å². The third kappa shape index (κ3) is 6.51. The molecule has 0 aliphatic heterocycles. The number of guanidine groups is 1. The van der Waals surface area contributed by atoms with Gasteiger partial charge in [-0.15, -0.1) is 24.0 Å². The molecule has 1 aromatic rings.